The van der Waals surface area contributed by atoms with E-state index in [1.807, 2.05) is 0 Å². The van der Waals surface area contributed by atoms with Crippen molar-refractivity contribution in [1.82, 2.24) is 10.6 Å². The first-order valence-corrected chi connectivity index (χ1v) is 6.48. The molecule has 0 aromatic rings. The fraction of sp³-hybridized carbons (Fsp3) is 0.917. The third-order valence-electron chi connectivity index (χ3n) is 3.38. The highest BCUT2D eigenvalue weighted by Crippen LogP contribution is 2.31. The first kappa shape index (κ1) is 17.2. The number of nitrogens with one attached hydrogen (secondary N) is 2. The average molecular weight is 298 g/mol. The predicted octanol–water partition coefficient (Wildman–Crippen LogP) is 0.695. The topological polar surface area (TPSA) is 59.6 Å². The van der Waals surface area contributed by atoms with E-state index in [1.54, 1.807) is 0 Å². The van der Waals surface area contributed by atoms with Crippen LogP contribution in [0.1, 0.15) is 12.8 Å². The maximum absolute atomic E-state index is 12.5. The van der Waals surface area contributed by atoms with E-state index >= 15 is 0 Å². The van der Waals surface area contributed by atoms with Crippen molar-refractivity contribution in [2.24, 2.45) is 5.92 Å². The zero-order valence-corrected chi connectivity index (χ0v) is 11.6. The van der Waals surface area contributed by atoms with Crippen LogP contribution in [0.25, 0.3) is 0 Å². The van der Waals surface area contributed by atoms with Crippen molar-refractivity contribution in [3.63, 3.8) is 0 Å². The molecule has 8 heteroatoms. The van der Waals surface area contributed by atoms with Gasteiger partial charge in [0.25, 0.3) is 0 Å². The summed E-state index contributed by atoms with van der Waals surface area (Å²) in [6, 6.07) is -0.575. The van der Waals surface area contributed by atoms with Gasteiger partial charge in [0.2, 0.25) is 5.91 Å². The van der Waals surface area contributed by atoms with Crippen molar-refractivity contribution in [3.8, 4) is 0 Å². The zero-order valence-electron chi connectivity index (χ0n) is 11.6. The molecule has 1 amide bonds. The second-order valence-corrected chi connectivity index (χ2v) is 4.83. The summed E-state index contributed by atoms with van der Waals surface area (Å²) in [6.45, 7) is 0.391. The summed E-state index contributed by atoms with van der Waals surface area (Å²) in [6.07, 6.45) is -4.32. The lowest BCUT2D eigenvalue weighted by molar-refractivity contribution is -0.180. The summed E-state index contributed by atoms with van der Waals surface area (Å²) < 4.78 is 47.4. The van der Waals surface area contributed by atoms with Crippen LogP contribution < -0.4 is 10.6 Å². The Morgan fingerprint density at radius 1 is 1.40 bits per heavy atom. The minimum Gasteiger partial charge on any atom is -0.382 e. The van der Waals surface area contributed by atoms with Gasteiger partial charge in [-0.2, -0.15) is 13.2 Å². The zero-order chi connectivity index (χ0) is 15.2. The second kappa shape index (κ2) is 7.80. The van der Waals surface area contributed by atoms with E-state index in [1.165, 1.54) is 14.2 Å². The Kier molecular flexibility index (Phi) is 6.70. The number of alkyl halides is 3. The van der Waals surface area contributed by atoms with E-state index in [2.05, 4.69) is 10.6 Å². The summed E-state index contributed by atoms with van der Waals surface area (Å²) in [5, 5.41) is 5.30. The Morgan fingerprint density at radius 3 is 2.55 bits per heavy atom. The first-order chi connectivity index (χ1) is 9.38. The van der Waals surface area contributed by atoms with Crippen molar-refractivity contribution in [3.05, 3.63) is 0 Å². The largest absolute Gasteiger partial charge is 0.393 e. The van der Waals surface area contributed by atoms with Gasteiger partial charge in [-0.15, -0.1) is 0 Å². The molecule has 1 saturated heterocycles. The molecule has 118 valence electrons. The molecule has 0 bridgehead atoms. The number of hydrogen-bond acceptors (Lipinski definition) is 4. The fourth-order valence-electron chi connectivity index (χ4n) is 2.09. The highest BCUT2D eigenvalue weighted by molar-refractivity contribution is 5.81. The van der Waals surface area contributed by atoms with Crippen molar-refractivity contribution in [1.29, 1.82) is 0 Å². The van der Waals surface area contributed by atoms with Crippen LogP contribution in [-0.4, -0.2) is 58.1 Å². The van der Waals surface area contributed by atoms with Gasteiger partial charge in [-0.1, -0.05) is 0 Å². The molecule has 1 aliphatic rings. The van der Waals surface area contributed by atoms with Crippen molar-refractivity contribution >= 4 is 5.91 Å². The highest BCUT2D eigenvalue weighted by atomic mass is 19.4. The molecule has 0 spiro atoms. The summed E-state index contributed by atoms with van der Waals surface area (Å²) in [5.74, 6) is -1.67. The first-order valence-electron chi connectivity index (χ1n) is 6.48. The predicted molar refractivity (Wildman–Crippen MR) is 66.3 cm³/mol. The van der Waals surface area contributed by atoms with Crippen LogP contribution in [0.3, 0.4) is 0 Å². The number of amides is 1. The molecule has 0 aromatic heterocycles. The number of carbonyl (C=O) groups excluding carboxylic acids is 1. The molecule has 3 atom stereocenters. The maximum Gasteiger partial charge on any atom is 0.393 e. The normalized spacial score (nSPS) is 25.2. The average Bonchev–Trinajstić information content (AvgIpc) is 2.42. The van der Waals surface area contributed by atoms with Crippen LogP contribution in [0.4, 0.5) is 13.2 Å². The molecule has 0 radical (unpaired) electrons. The molecule has 1 heterocycles. The third kappa shape index (κ3) is 5.26. The summed E-state index contributed by atoms with van der Waals surface area (Å²) in [4.78, 5) is 11.8. The standard InChI is InChI=1S/C12H21F3N2O3/c1-19-7-9(20-2)6-17-11(18)10-4-3-8(5-16-10)12(13,14)15/h8-10,16H,3-7H2,1-2H3,(H,17,18). The summed E-state index contributed by atoms with van der Waals surface area (Å²) in [5.41, 5.74) is 0. The monoisotopic (exact) mass is 298 g/mol. The molecule has 2 N–H and O–H groups in total. The number of hydrogen-bond donors (Lipinski definition) is 2. The molecule has 5 nitrogen and oxygen atoms in total. The van der Waals surface area contributed by atoms with Gasteiger partial charge in [-0.05, 0) is 12.8 Å². The van der Waals surface area contributed by atoms with Gasteiger partial charge in [-0.25, -0.2) is 0 Å². The Balaban J connectivity index is 2.32. The Bertz CT molecular complexity index is 305. The number of ether oxygens (including phenoxy) is 2. The van der Waals surface area contributed by atoms with E-state index in [4.69, 9.17) is 9.47 Å². The van der Waals surface area contributed by atoms with E-state index in [9.17, 15) is 18.0 Å². The van der Waals surface area contributed by atoms with Gasteiger partial charge < -0.3 is 20.1 Å². The van der Waals surface area contributed by atoms with E-state index in [0.29, 0.717) is 6.61 Å². The van der Waals surface area contributed by atoms with E-state index < -0.39 is 18.1 Å². The van der Waals surface area contributed by atoms with Crippen LogP contribution in [0.15, 0.2) is 0 Å². The molecule has 1 fully saturated rings. The van der Waals surface area contributed by atoms with E-state index in [-0.39, 0.29) is 37.9 Å². The Hall–Kier alpha value is -0.860. The van der Waals surface area contributed by atoms with Crippen LogP contribution in [0.5, 0.6) is 0 Å². The summed E-state index contributed by atoms with van der Waals surface area (Å²) >= 11 is 0. The third-order valence-corrected chi connectivity index (χ3v) is 3.38. The van der Waals surface area contributed by atoms with Gasteiger partial charge in [0.1, 0.15) is 0 Å². The van der Waals surface area contributed by atoms with Gasteiger partial charge >= 0.3 is 6.18 Å². The molecular formula is C12H21F3N2O3. The molecule has 0 saturated carbocycles. The molecule has 20 heavy (non-hydrogen) atoms. The lowest BCUT2D eigenvalue weighted by Crippen LogP contribution is -2.52. The number of piperidine rings is 1. The lowest BCUT2D eigenvalue weighted by atomic mass is 9.94. The quantitative estimate of drug-likeness (QED) is 0.758. The summed E-state index contributed by atoms with van der Waals surface area (Å²) in [7, 11) is 3.02. The fourth-order valence-corrected chi connectivity index (χ4v) is 2.09. The van der Waals surface area contributed by atoms with Crippen molar-refractivity contribution in [2.45, 2.75) is 31.2 Å². The SMILES string of the molecule is COCC(CNC(=O)C1CCC(C(F)(F)F)CN1)OC. The second-order valence-electron chi connectivity index (χ2n) is 4.83. The van der Waals surface area contributed by atoms with Crippen LogP contribution in [0.2, 0.25) is 0 Å². The number of carbonyl (C=O) groups is 1. The molecule has 3 unspecified atom stereocenters. The Morgan fingerprint density at radius 2 is 2.10 bits per heavy atom. The van der Waals surface area contributed by atoms with Gasteiger partial charge in [0.05, 0.1) is 24.7 Å². The minimum absolute atomic E-state index is 0.0274. The van der Waals surface area contributed by atoms with E-state index in [0.717, 1.165) is 0 Å². The molecule has 1 aliphatic heterocycles. The van der Waals surface area contributed by atoms with Crippen molar-refractivity contribution < 1.29 is 27.4 Å². The number of rotatable bonds is 6. The number of halogens is 3. The molecular weight excluding hydrogens is 277 g/mol. The molecule has 1 rings (SSSR count). The smallest absolute Gasteiger partial charge is 0.382 e. The van der Waals surface area contributed by atoms with Gasteiger partial charge in [0, 0.05) is 27.3 Å². The van der Waals surface area contributed by atoms with Crippen molar-refractivity contribution in [2.75, 3.05) is 33.9 Å². The Labute approximate surface area is 116 Å². The number of methoxy groups -OCH3 is 2. The maximum atomic E-state index is 12.5. The highest BCUT2D eigenvalue weighted by Gasteiger charge is 2.42. The van der Waals surface area contributed by atoms with Crippen LogP contribution in [-0.2, 0) is 14.3 Å². The molecule has 0 aliphatic carbocycles. The van der Waals surface area contributed by atoms with Gasteiger partial charge in [-0.3, -0.25) is 4.79 Å². The lowest BCUT2D eigenvalue weighted by Gasteiger charge is -2.30. The minimum atomic E-state index is -4.20. The van der Waals surface area contributed by atoms with Gasteiger partial charge in [0.15, 0.2) is 0 Å². The van der Waals surface area contributed by atoms with Crippen LogP contribution in [0, 0.1) is 5.92 Å². The van der Waals surface area contributed by atoms with Crippen LogP contribution >= 0.6 is 0 Å². The molecule has 0 aromatic carbocycles.